The highest BCUT2D eigenvalue weighted by Crippen LogP contribution is 2.26. The number of rotatable bonds is 7. The van der Waals surface area contributed by atoms with E-state index < -0.39 is 48.1 Å². The van der Waals surface area contributed by atoms with Gasteiger partial charge in [-0.05, 0) is 50.5 Å². The number of hydrogen-bond donors (Lipinski definition) is 2. The van der Waals surface area contributed by atoms with Crippen molar-refractivity contribution in [2.75, 3.05) is 20.3 Å². The summed E-state index contributed by atoms with van der Waals surface area (Å²) in [6.07, 6.45) is 0.0245. The molecule has 2 N–H and O–H groups in total. The van der Waals surface area contributed by atoms with Gasteiger partial charge in [0.2, 0.25) is 18.1 Å². The lowest BCUT2D eigenvalue weighted by Crippen LogP contribution is -2.64. The van der Waals surface area contributed by atoms with Gasteiger partial charge in [-0.2, -0.15) is 0 Å². The Labute approximate surface area is 208 Å². The predicted octanol–water partition coefficient (Wildman–Crippen LogP) is 0.116. The lowest BCUT2D eigenvalue weighted by Gasteiger charge is -2.43. The summed E-state index contributed by atoms with van der Waals surface area (Å²) in [6, 6.07) is 3.73. The number of carbonyl (C=O) groups is 5. The summed E-state index contributed by atoms with van der Waals surface area (Å²) in [6.45, 7) is 2.32. The van der Waals surface area contributed by atoms with Gasteiger partial charge in [0.15, 0.2) is 0 Å². The maximum atomic E-state index is 13.6. The number of carbonyl (C=O) groups excluding carboxylic acids is 5. The maximum absolute atomic E-state index is 13.6. The van der Waals surface area contributed by atoms with Gasteiger partial charge in [-0.25, -0.2) is 5.01 Å². The van der Waals surface area contributed by atoms with Crippen LogP contribution in [0.15, 0.2) is 24.3 Å². The van der Waals surface area contributed by atoms with E-state index in [2.05, 4.69) is 10.6 Å². The van der Waals surface area contributed by atoms with Crippen LogP contribution in [0, 0.1) is 0 Å². The second kappa shape index (κ2) is 10.9. The van der Waals surface area contributed by atoms with Crippen molar-refractivity contribution in [3.05, 3.63) is 29.8 Å². The Morgan fingerprint density at radius 2 is 1.86 bits per heavy atom. The number of ether oxygens (including phenoxy) is 3. The smallest absolute Gasteiger partial charge is 0.310 e. The molecule has 194 valence electrons. The van der Waals surface area contributed by atoms with E-state index in [9.17, 15) is 24.0 Å². The van der Waals surface area contributed by atoms with Crippen LogP contribution in [-0.2, 0) is 28.7 Å². The molecule has 4 atom stereocenters. The van der Waals surface area contributed by atoms with E-state index in [1.807, 2.05) is 0 Å². The zero-order chi connectivity index (χ0) is 25.8. The number of benzene rings is 1. The molecule has 1 aromatic rings. The third-order valence-corrected chi connectivity index (χ3v) is 6.44. The number of methoxy groups -OCH3 is 1. The summed E-state index contributed by atoms with van der Waals surface area (Å²) in [5.74, 6) is -1.74. The van der Waals surface area contributed by atoms with Crippen LogP contribution >= 0.6 is 0 Å². The highest BCUT2D eigenvalue weighted by molar-refractivity contribution is 5.99. The second-order valence-electron chi connectivity index (χ2n) is 8.78. The number of cyclic esters (lactones) is 1. The number of hydrogen-bond acceptors (Lipinski definition) is 8. The van der Waals surface area contributed by atoms with Crippen LogP contribution in [-0.4, -0.2) is 84.3 Å². The van der Waals surface area contributed by atoms with Crippen molar-refractivity contribution in [1.29, 1.82) is 0 Å². The van der Waals surface area contributed by atoms with E-state index in [0.717, 1.165) is 0 Å². The average molecular weight is 503 g/mol. The van der Waals surface area contributed by atoms with Gasteiger partial charge in [-0.15, -0.1) is 0 Å². The number of fused-ring (bicyclic) bond motifs is 1. The summed E-state index contributed by atoms with van der Waals surface area (Å²) in [5, 5.41) is 7.93. The van der Waals surface area contributed by atoms with E-state index >= 15 is 0 Å². The predicted molar refractivity (Wildman–Crippen MR) is 123 cm³/mol. The SMILES string of the molecule is CCOC1OC(=O)CC1NC(=O)C1CCCN2C(=O)CCC(NC(=O)c3ccc(OC)cc3)C(=O)N12. The molecule has 36 heavy (non-hydrogen) atoms. The first-order valence-corrected chi connectivity index (χ1v) is 12.0. The molecular formula is C24H30N4O8. The van der Waals surface area contributed by atoms with Crippen molar-refractivity contribution in [2.24, 2.45) is 0 Å². The third-order valence-electron chi connectivity index (χ3n) is 6.44. The quantitative estimate of drug-likeness (QED) is 0.501. The molecule has 0 spiro atoms. The summed E-state index contributed by atoms with van der Waals surface area (Å²) in [4.78, 5) is 64.3. The van der Waals surface area contributed by atoms with E-state index in [-0.39, 0.29) is 31.8 Å². The molecule has 0 saturated carbocycles. The molecular weight excluding hydrogens is 472 g/mol. The van der Waals surface area contributed by atoms with E-state index in [1.165, 1.54) is 17.1 Å². The van der Waals surface area contributed by atoms with Crippen molar-refractivity contribution < 1.29 is 38.2 Å². The molecule has 12 heteroatoms. The summed E-state index contributed by atoms with van der Waals surface area (Å²) >= 11 is 0. The Morgan fingerprint density at radius 3 is 2.56 bits per heavy atom. The zero-order valence-corrected chi connectivity index (χ0v) is 20.2. The van der Waals surface area contributed by atoms with Gasteiger partial charge in [0.05, 0.1) is 13.5 Å². The number of amides is 4. The highest BCUT2D eigenvalue weighted by atomic mass is 16.7. The van der Waals surface area contributed by atoms with Crippen LogP contribution in [0.1, 0.15) is 49.4 Å². The molecule has 3 fully saturated rings. The van der Waals surface area contributed by atoms with E-state index in [4.69, 9.17) is 14.2 Å². The molecule has 0 bridgehead atoms. The van der Waals surface area contributed by atoms with E-state index in [1.54, 1.807) is 31.2 Å². The minimum atomic E-state index is -0.991. The van der Waals surface area contributed by atoms with Gasteiger partial charge in [-0.1, -0.05) is 0 Å². The number of nitrogens with zero attached hydrogens (tertiary/aromatic N) is 2. The van der Waals surface area contributed by atoms with Crippen LogP contribution in [0.2, 0.25) is 0 Å². The van der Waals surface area contributed by atoms with Crippen LogP contribution < -0.4 is 15.4 Å². The van der Waals surface area contributed by atoms with Crippen molar-refractivity contribution >= 4 is 29.6 Å². The minimum Gasteiger partial charge on any atom is -0.497 e. The fraction of sp³-hybridized carbons (Fsp3) is 0.542. The average Bonchev–Trinajstić information content (AvgIpc) is 3.17. The van der Waals surface area contributed by atoms with Crippen LogP contribution in [0.5, 0.6) is 5.75 Å². The molecule has 4 unspecified atom stereocenters. The lowest BCUT2D eigenvalue weighted by atomic mass is 10.0. The monoisotopic (exact) mass is 502 g/mol. The van der Waals surface area contributed by atoms with Crippen molar-refractivity contribution in [1.82, 2.24) is 20.7 Å². The molecule has 3 heterocycles. The van der Waals surface area contributed by atoms with Gasteiger partial charge >= 0.3 is 5.97 Å². The molecule has 0 aliphatic carbocycles. The largest absolute Gasteiger partial charge is 0.497 e. The normalized spacial score (nSPS) is 26.1. The Balaban J connectivity index is 1.51. The molecule has 4 rings (SSSR count). The summed E-state index contributed by atoms with van der Waals surface area (Å²) < 4.78 is 15.6. The fourth-order valence-corrected chi connectivity index (χ4v) is 4.64. The third kappa shape index (κ3) is 5.27. The van der Waals surface area contributed by atoms with Gasteiger partial charge in [0.25, 0.3) is 11.8 Å². The first-order chi connectivity index (χ1) is 17.3. The van der Waals surface area contributed by atoms with Gasteiger partial charge in [0.1, 0.15) is 23.9 Å². The molecule has 3 aliphatic heterocycles. The van der Waals surface area contributed by atoms with Crippen molar-refractivity contribution in [3.8, 4) is 5.75 Å². The summed E-state index contributed by atoms with van der Waals surface area (Å²) in [5.41, 5.74) is 0.330. The first-order valence-electron chi connectivity index (χ1n) is 12.0. The van der Waals surface area contributed by atoms with Crippen molar-refractivity contribution in [2.45, 2.75) is 63.4 Å². The van der Waals surface area contributed by atoms with Gasteiger partial charge < -0.3 is 24.8 Å². The second-order valence-corrected chi connectivity index (χ2v) is 8.78. The number of esters is 1. The van der Waals surface area contributed by atoms with Gasteiger partial charge in [0, 0.05) is 25.1 Å². The Kier molecular flexibility index (Phi) is 7.73. The minimum absolute atomic E-state index is 0.0432. The van der Waals surface area contributed by atoms with Crippen LogP contribution in [0.4, 0.5) is 0 Å². The molecule has 3 aliphatic rings. The summed E-state index contributed by atoms with van der Waals surface area (Å²) in [7, 11) is 1.52. The standard InChI is InChI=1S/C24H30N4O8/c1-3-35-24-17(13-20(30)36-24)26-22(32)18-5-4-12-27-19(29)11-10-16(23(33)28(18)27)25-21(31)14-6-8-15(34-2)9-7-14/h6-9,16-18,24H,3-5,10-13H2,1-2H3,(H,25,31)(H,26,32). The molecule has 0 aromatic heterocycles. The topological polar surface area (TPSA) is 144 Å². The van der Waals surface area contributed by atoms with Crippen LogP contribution in [0.25, 0.3) is 0 Å². The molecule has 3 saturated heterocycles. The molecule has 12 nitrogen and oxygen atoms in total. The van der Waals surface area contributed by atoms with E-state index in [0.29, 0.717) is 30.7 Å². The number of hydrazine groups is 1. The molecule has 1 aromatic carbocycles. The fourth-order valence-electron chi connectivity index (χ4n) is 4.64. The number of nitrogens with one attached hydrogen (secondary N) is 2. The zero-order valence-electron chi connectivity index (χ0n) is 20.2. The Hall–Kier alpha value is -3.67. The first kappa shape index (κ1) is 25.4. The maximum Gasteiger partial charge on any atom is 0.310 e. The molecule has 0 radical (unpaired) electrons. The van der Waals surface area contributed by atoms with Crippen LogP contribution in [0.3, 0.4) is 0 Å². The Bertz CT molecular complexity index is 1030. The lowest BCUT2D eigenvalue weighted by molar-refractivity contribution is -0.177. The van der Waals surface area contributed by atoms with Crippen molar-refractivity contribution in [3.63, 3.8) is 0 Å². The van der Waals surface area contributed by atoms with Gasteiger partial charge in [-0.3, -0.25) is 29.0 Å². The highest BCUT2D eigenvalue weighted by Gasteiger charge is 2.46. The Morgan fingerprint density at radius 1 is 1.11 bits per heavy atom. The molecule has 4 amide bonds.